The fourth-order valence-corrected chi connectivity index (χ4v) is 5.01. The van der Waals surface area contributed by atoms with Crippen LogP contribution < -0.4 is 4.31 Å². The Morgan fingerprint density at radius 3 is 2.39 bits per heavy atom. The highest BCUT2D eigenvalue weighted by Crippen LogP contribution is 2.42. The van der Waals surface area contributed by atoms with Crippen LogP contribution in [-0.2, 0) is 14.8 Å². The Hall–Kier alpha value is -4.49. The summed E-state index contributed by atoms with van der Waals surface area (Å²) in [5.41, 5.74) is 2.08. The number of hydrogen-bond donors (Lipinski definition) is 0. The van der Waals surface area contributed by atoms with Crippen LogP contribution in [0.1, 0.15) is 34.1 Å². The minimum Gasteiger partial charge on any atom is -0.465 e. The van der Waals surface area contributed by atoms with Gasteiger partial charge in [0.05, 0.1) is 36.2 Å². The molecule has 1 aromatic heterocycles. The Bertz CT molecular complexity index is 1700. The van der Waals surface area contributed by atoms with E-state index in [2.05, 4.69) is 0 Å². The number of furan rings is 1. The molecule has 0 bridgehead atoms. The molecule has 4 aromatic rings. The summed E-state index contributed by atoms with van der Waals surface area (Å²) in [6, 6.07) is 16.8. The van der Waals surface area contributed by atoms with Crippen LogP contribution in [0.3, 0.4) is 0 Å². The third-order valence-electron chi connectivity index (χ3n) is 5.99. The van der Waals surface area contributed by atoms with E-state index < -0.39 is 28.4 Å². The molecule has 0 saturated carbocycles. The topological polar surface area (TPSA) is 118 Å². The maximum atomic E-state index is 13.6. The average molecular weight is 535 g/mol. The smallest absolute Gasteiger partial charge is 0.337 e. The van der Waals surface area contributed by atoms with Crippen molar-refractivity contribution >= 4 is 38.4 Å². The third kappa shape index (κ3) is 5.01. The highest BCUT2D eigenvalue weighted by Gasteiger charge is 2.27. The standard InChI is InChI=1S/C28H23FN2O6S/c1-4-24(32)26-22-15-21(18-6-5-7-19(14-18)28(33)36-2)23(31(13-12-30)38(3,34)35)16-25(22)37-27(26)17-8-10-20(29)11-9-17/h5-11,14-16H,4,13H2,1-3H3. The molecule has 0 atom stereocenters. The first kappa shape index (κ1) is 26.6. The fourth-order valence-electron chi connectivity index (χ4n) is 4.20. The van der Waals surface area contributed by atoms with E-state index >= 15 is 0 Å². The number of sulfonamides is 1. The lowest BCUT2D eigenvalue weighted by Gasteiger charge is -2.22. The van der Waals surface area contributed by atoms with E-state index in [1.54, 1.807) is 31.2 Å². The highest BCUT2D eigenvalue weighted by atomic mass is 32.2. The quantitative estimate of drug-likeness (QED) is 0.165. The molecule has 0 amide bonds. The molecule has 0 aliphatic heterocycles. The van der Waals surface area contributed by atoms with Crippen molar-refractivity contribution < 1.29 is 31.6 Å². The van der Waals surface area contributed by atoms with Crippen LogP contribution in [0, 0.1) is 17.1 Å². The van der Waals surface area contributed by atoms with Gasteiger partial charge in [-0.05, 0) is 48.0 Å². The highest BCUT2D eigenvalue weighted by molar-refractivity contribution is 7.92. The zero-order chi connectivity index (χ0) is 27.6. The van der Waals surface area contributed by atoms with Crippen LogP contribution in [-0.4, -0.2) is 40.1 Å². The molecule has 0 unspecified atom stereocenters. The van der Waals surface area contributed by atoms with Gasteiger partial charge in [0.25, 0.3) is 0 Å². The molecular weight excluding hydrogens is 511 g/mol. The van der Waals surface area contributed by atoms with Crippen molar-refractivity contribution in [1.82, 2.24) is 0 Å². The Balaban J connectivity index is 2.11. The number of nitriles is 1. The van der Waals surface area contributed by atoms with Crippen molar-refractivity contribution in [3.8, 4) is 28.5 Å². The lowest BCUT2D eigenvalue weighted by Crippen LogP contribution is -2.30. The molecule has 38 heavy (non-hydrogen) atoms. The van der Waals surface area contributed by atoms with E-state index in [0.717, 1.165) is 10.6 Å². The van der Waals surface area contributed by atoms with Crippen LogP contribution in [0.15, 0.2) is 65.1 Å². The Labute approximate surface area is 218 Å². The second-order valence-corrected chi connectivity index (χ2v) is 10.4. The number of anilines is 1. The summed E-state index contributed by atoms with van der Waals surface area (Å²) < 4.78 is 50.9. The first-order chi connectivity index (χ1) is 18.1. The molecule has 4 rings (SSSR count). The summed E-state index contributed by atoms with van der Waals surface area (Å²) >= 11 is 0. The zero-order valence-corrected chi connectivity index (χ0v) is 21.6. The van der Waals surface area contributed by atoms with Crippen LogP contribution >= 0.6 is 0 Å². The number of ketones is 1. The number of methoxy groups -OCH3 is 1. The normalized spacial score (nSPS) is 11.2. The predicted molar refractivity (Wildman–Crippen MR) is 141 cm³/mol. The van der Waals surface area contributed by atoms with Gasteiger partial charge in [-0.25, -0.2) is 17.6 Å². The largest absolute Gasteiger partial charge is 0.465 e. The van der Waals surface area contributed by atoms with Gasteiger partial charge in [0, 0.05) is 29.0 Å². The molecule has 0 saturated heterocycles. The summed E-state index contributed by atoms with van der Waals surface area (Å²) in [6.45, 7) is 1.21. The number of hydrogen-bond acceptors (Lipinski definition) is 7. The van der Waals surface area contributed by atoms with Gasteiger partial charge in [0.2, 0.25) is 10.0 Å². The maximum Gasteiger partial charge on any atom is 0.337 e. The number of fused-ring (bicyclic) bond motifs is 1. The number of rotatable bonds is 8. The van der Waals surface area contributed by atoms with E-state index in [9.17, 15) is 27.7 Å². The van der Waals surface area contributed by atoms with Crippen molar-refractivity contribution in [3.63, 3.8) is 0 Å². The Morgan fingerprint density at radius 2 is 1.79 bits per heavy atom. The minimum atomic E-state index is -3.92. The molecule has 0 radical (unpaired) electrons. The summed E-state index contributed by atoms with van der Waals surface area (Å²) in [5, 5.41) is 9.80. The van der Waals surface area contributed by atoms with Crippen LogP contribution in [0.25, 0.3) is 33.4 Å². The lowest BCUT2D eigenvalue weighted by molar-refractivity contribution is 0.0600. The third-order valence-corrected chi connectivity index (χ3v) is 7.12. The summed E-state index contributed by atoms with van der Waals surface area (Å²) in [7, 11) is -2.68. The van der Waals surface area contributed by atoms with E-state index in [1.807, 2.05) is 6.07 Å². The van der Waals surface area contributed by atoms with Gasteiger partial charge in [0.1, 0.15) is 23.7 Å². The molecule has 8 nitrogen and oxygen atoms in total. The number of benzene rings is 3. The average Bonchev–Trinajstić information content (AvgIpc) is 3.28. The van der Waals surface area contributed by atoms with Gasteiger partial charge < -0.3 is 9.15 Å². The van der Waals surface area contributed by atoms with Crippen molar-refractivity contribution in [3.05, 3.63) is 77.6 Å². The lowest BCUT2D eigenvalue weighted by atomic mass is 9.95. The second kappa shape index (κ2) is 10.5. The Kier molecular flexibility index (Phi) is 7.32. The second-order valence-electron chi connectivity index (χ2n) is 8.46. The number of halogens is 1. The molecule has 0 aliphatic rings. The van der Waals surface area contributed by atoms with Crippen LogP contribution in [0.5, 0.6) is 0 Å². The summed E-state index contributed by atoms with van der Waals surface area (Å²) in [5.74, 6) is -1.06. The molecule has 0 spiro atoms. The van der Waals surface area contributed by atoms with E-state index in [-0.39, 0.29) is 40.4 Å². The fraction of sp³-hybridized carbons (Fsp3) is 0.179. The van der Waals surface area contributed by atoms with E-state index in [0.29, 0.717) is 22.1 Å². The molecule has 3 aromatic carbocycles. The van der Waals surface area contributed by atoms with Crippen LogP contribution in [0.4, 0.5) is 10.1 Å². The number of esters is 1. The first-order valence-corrected chi connectivity index (χ1v) is 13.4. The predicted octanol–water partition coefficient (Wildman–Crippen LogP) is 5.57. The van der Waals surface area contributed by atoms with Gasteiger partial charge in [-0.1, -0.05) is 19.1 Å². The number of ether oxygens (including phenoxy) is 1. The van der Waals surface area contributed by atoms with E-state index in [1.165, 1.54) is 43.5 Å². The van der Waals surface area contributed by atoms with Gasteiger partial charge in [0.15, 0.2) is 5.78 Å². The van der Waals surface area contributed by atoms with Gasteiger partial charge in [-0.2, -0.15) is 5.26 Å². The number of Topliss-reactive ketones (excluding diaryl/α,β-unsaturated/α-hetero) is 1. The van der Waals surface area contributed by atoms with Crippen LogP contribution in [0.2, 0.25) is 0 Å². The van der Waals surface area contributed by atoms with E-state index in [4.69, 9.17) is 9.15 Å². The molecule has 194 valence electrons. The molecule has 1 heterocycles. The van der Waals surface area contributed by atoms with Crippen molar-refractivity contribution in [2.45, 2.75) is 13.3 Å². The number of carbonyl (C=O) groups is 2. The summed E-state index contributed by atoms with van der Waals surface area (Å²) in [4.78, 5) is 25.3. The monoisotopic (exact) mass is 534 g/mol. The molecule has 0 aliphatic carbocycles. The van der Waals surface area contributed by atoms with Crippen molar-refractivity contribution in [1.29, 1.82) is 5.26 Å². The summed E-state index contributed by atoms with van der Waals surface area (Å²) in [6.07, 6.45) is 1.13. The first-order valence-electron chi connectivity index (χ1n) is 11.5. The maximum absolute atomic E-state index is 13.6. The molecule has 0 N–H and O–H groups in total. The molecule has 0 fully saturated rings. The zero-order valence-electron chi connectivity index (χ0n) is 20.8. The van der Waals surface area contributed by atoms with Gasteiger partial charge in [-0.3, -0.25) is 9.10 Å². The van der Waals surface area contributed by atoms with Gasteiger partial charge >= 0.3 is 5.97 Å². The Morgan fingerprint density at radius 1 is 1.08 bits per heavy atom. The number of nitrogens with zero attached hydrogens (tertiary/aromatic N) is 2. The number of carbonyl (C=O) groups excluding carboxylic acids is 2. The van der Waals surface area contributed by atoms with Crippen molar-refractivity contribution in [2.24, 2.45) is 0 Å². The SMILES string of the molecule is CCC(=O)c1c(-c2ccc(F)cc2)oc2cc(N(CC#N)S(C)(=O)=O)c(-c3cccc(C(=O)OC)c3)cc12. The molecule has 10 heteroatoms. The molecular formula is C28H23FN2O6S. The van der Waals surface area contributed by atoms with Crippen molar-refractivity contribution in [2.75, 3.05) is 24.2 Å². The minimum absolute atomic E-state index is 0.124. The van der Waals surface area contributed by atoms with Gasteiger partial charge in [-0.15, -0.1) is 0 Å².